The molecule has 0 unspecified atom stereocenters. The quantitative estimate of drug-likeness (QED) is 0.593. The van der Waals surface area contributed by atoms with Crippen LogP contribution in [0.1, 0.15) is 59.5 Å². The van der Waals surface area contributed by atoms with Crippen LogP contribution in [0.3, 0.4) is 0 Å². The monoisotopic (exact) mass is 483 g/mol. The summed E-state index contributed by atoms with van der Waals surface area (Å²) in [5.41, 5.74) is 3.58. The lowest BCUT2D eigenvalue weighted by Gasteiger charge is -2.36. The molecule has 34 heavy (non-hydrogen) atoms. The molecule has 1 saturated carbocycles. The molecule has 1 aliphatic heterocycles. The van der Waals surface area contributed by atoms with Gasteiger partial charge < -0.3 is 10.2 Å². The highest BCUT2D eigenvalue weighted by molar-refractivity contribution is 6.34. The third-order valence-electron chi connectivity index (χ3n) is 7.29. The first kappa shape index (κ1) is 22.8. The number of carbonyl (C=O) groups is 2. The first-order chi connectivity index (χ1) is 16.2. The lowest BCUT2D eigenvalue weighted by Crippen LogP contribution is -2.44. The molecule has 1 aliphatic carbocycles. The van der Waals surface area contributed by atoms with Gasteiger partial charge in [-0.25, -0.2) is 13.9 Å². The van der Waals surface area contributed by atoms with Crippen molar-refractivity contribution in [3.8, 4) is 0 Å². The molecule has 2 fully saturated rings. The molecule has 1 aromatic carbocycles. The van der Waals surface area contributed by atoms with Gasteiger partial charge in [0.1, 0.15) is 11.4 Å². The summed E-state index contributed by atoms with van der Waals surface area (Å²) in [5, 5.41) is 7.89. The van der Waals surface area contributed by atoms with Crippen LogP contribution < -0.4 is 10.2 Å². The number of aromatic nitrogens is 3. The van der Waals surface area contributed by atoms with E-state index < -0.39 is 11.2 Å². The van der Waals surface area contributed by atoms with Crippen molar-refractivity contribution in [3.63, 3.8) is 0 Å². The molecule has 1 spiro atoms. The van der Waals surface area contributed by atoms with Crippen molar-refractivity contribution in [2.24, 2.45) is 5.41 Å². The molecular formula is C25H27ClFN5O2. The summed E-state index contributed by atoms with van der Waals surface area (Å²) >= 11 is 6.21. The average Bonchev–Trinajstić information content (AvgIpc) is 3.27. The number of benzene rings is 1. The SMILES string of the molecule is Cc1cc(C)n2nc(C)c(C(=O)NC3CCC4(CC3)CCN(c3ccc(F)cc3Cl)C4=O)c2n1. The van der Waals surface area contributed by atoms with Gasteiger partial charge >= 0.3 is 0 Å². The summed E-state index contributed by atoms with van der Waals surface area (Å²) in [5.74, 6) is -0.559. The van der Waals surface area contributed by atoms with Gasteiger partial charge in [-0.1, -0.05) is 11.6 Å². The summed E-state index contributed by atoms with van der Waals surface area (Å²) in [6, 6.07) is 6.04. The molecule has 2 aliphatic rings. The van der Waals surface area contributed by atoms with Gasteiger partial charge in [-0.3, -0.25) is 9.59 Å². The summed E-state index contributed by atoms with van der Waals surface area (Å²) in [7, 11) is 0. The zero-order valence-corrected chi connectivity index (χ0v) is 20.2. The molecule has 5 rings (SSSR count). The fourth-order valence-corrected chi connectivity index (χ4v) is 5.75. The van der Waals surface area contributed by atoms with E-state index in [2.05, 4.69) is 15.4 Å². The molecule has 2 aromatic heterocycles. The highest BCUT2D eigenvalue weighted by atomic mass is 35.5. The van der Waals surface area contributed by atoms with E-state index in [0.717, 1.165) is 17.8 Å². The molecule has 0 radical (unpaired) electrons. The van der Waals surface area contributed by atoms with Crippen LogP contribution in [0.2, 0.25) is 5.02 Å². The fraction of sp³-hybridized carbons (Fsp3) is 0.440. The van der Waals surface area contributed by atoms with Crippen LogP contribution in [0.25, 0.3) is 5.65 Å². The predicted octanol–water partition coefficient (Wildman–Crippen LogP) is 4.54. The minimum atomic E-state index is -0.449. The van der Waals surface area contributed by atoms with E-state index in [1.807, 2.05) is 26.8 Å². The zero-order valence-electron chi connectivity index (χ0n) is 19.5. The maximum absolute atomic E-state index is 13.4. The Morgan fingerprint density at radius 2 is 1.91 bits per heavy atom. The van der Waals surface area contributed by atoms with Gasteiger partial charge in [0.2, 0.25) is 5.91 Å². The Labute approximate surface area is 202 Å². The van der Waals surface area contributed by atoms with Crippen LogP contribution in [-0.4, -0.2) is 39.0 Å². The number of carbonyl (C=O) groups excluding carboxylic acids is 2. The highest BCUT2D eigenvalue weighted by Crippen LogP contribution is 2.47. The number of nitrogens with one attached hydrogen (secondary N) is 1. The van der Waals surface area contributed by atoms with Crippen molar-refractivity contribution in [2.45, 2.75) is 58.9 Å². The molecule has 178 valence electrons. The average molecular weight is 484 g/mol. The maximum Gasteiger partial charge on any atom is 0.257 e. The lowest BCUT2D eigenvalue weighted by atomic mass is 9.71. The van der Waals surface area contributed by atoms with Crippen molar-refractivity contribution in [1.29, 1.82) is 0 Å². The molecule has 7 nitrogen and oxygen atoms in total. The normalized spacial score (nSPS) is 22.7. The van der Waals surface area contributed by atoms with Crippen LogP contribution >= 0.6 is 11.6 Å². The van der Waals surface area contributed by atoms with Crippen LogP contribution in [-0.2, 0) is 4.79 Å². The van der Waals surface area contributed by atoms with Crippen LogP contribution in [0, 0.1) is 32.0 Å². The van der Waals surface area contributed by atoms with Gasteiger partial charge in [0.05, 0.1) is 21.8 Å². The molecule has 3 heterocycles. The van der Waals surface area contributed by atoms with E-state index >= 15 is 0 Å². The number of hydrogen-bond donors (Lipinski definition) is 1. The molecule has 1 saturated heterocycles. The van der Waals surface area contributed by atoms with E-state index in [1.54, 1.807) is 15.5 Å². The van der Waals surface area contributed by atoms with Crippen molar-refractivity contribution < 1.29 is 14.0 Å². The minimum Gasteiger partial charge on any atom is -0.349 e. The number of hydrogen-bond acceptors (Lipinski definition) is 4. The van der Waals surface area contributed by atoms with E-state index in [0.29, 0.717) is 54.8 Å². The Morgan fingerprint density at radius 3 is 2.62 bits per heavy atom. The van der Waals surface area contributed by atoms with Crippen molar-refractivity contribution in [1.82, 2.24) is 19.9 Å². The minimum absolute atomic E-state index is 0.0189. The third kappa shape index (κ3) is 3.74. The largest absolute Gasteiger partial charge is 0.349 e. The van der Waals surface area contributed by atoms with E-state index in [4.69, 9.17) is 11.6 Å². The van der Waals surface area contributed by atoms with Gasteiger partial charge in [0.15, 0.2) is 5.65 Å². The van der Waals surface area contributed by atoms with Crippen LogP contribution in [0.15, 0.2) is 24.3 Å². The standard InChI is InChI=1S/C25H27ClFN5O2/c1-14-12-15(2)32-22(28-14)21(16(3)30-32)23(33)29-18-6-8-25(9-7-18)10-11-31(24(25)34)20-5-4-17(27)13-19(20)26/h4-5,12-13,18H,6-11H2,1-3H3,(H,29,33). The Morgan fingerprint density at radius 1 is 1.18 bits per heavy atom. The molecule has 0 atom stereocenters. The molecule has 1 N–H and O–H groups in total. The van der Waals surface area contributed by atoms with E-state index in [9.17, 15) is 14.0 Å². The van der Waals surface area contributed by atoms with Crippen molar-refractivity contribution in [3.05, 3.63) is 57.8 Å². The number of anilines is 1. The van der Waals surface area contributed by atoms with Crippen molar-refractivity contribution >= 4 is 34.7 Å². The van der Waals surface area contributed by atoms with Crippen LogP contribution in [0.5, 0.6) is 0 Å². The second kappa shape index (κ2) is 8.34. The third-order valence-corrected chi connectivity index (χ3v) is 7.59. The topological polar surface area (TPSA) is 79.6 Å². The molecule has 0 bridgehead atoms. The maximum atomic E-state index is 13.4. The Kier molecular flexibility index (Phi) is 5.59. The fourth-order valence-electron chi connectivity index (χ4n) is 5.48. The lowest BCUT2D eigenvalue weighted by molar-refractivity contribution is -0.127. The van der Waals surface area contributed by atoms with Crippen molar-refractivity contribution in [2.75, 3.05) is 11.4 Å². The van der Waals surface area contributed by atoms with Gasteiger partial charge in [0, 0.05) is 24.0 Å². The molecule has 3 aromatic rings. The number of amides is 2. The number of rotatable bonds is 3. The smallest absolute Gasteiger partial charge is 0.257 e. The Hall–Kier alpha value is -3.00. The van der Waals surface area contributed by atoms with E-state index in [1.165, 1.54) is 12.1 Å². The number of fused-ring (bicyclic) bond motifs is 1. The predicted molar refractivity (Wildman–Crippen MR) is 128 cm³/mol. The summed E-state index contributed by atoms with van der Waals surface area (Å²) in [6.45, 7) is 6.23. The molecule has 9 heteroatoms. The number of nitrogens with zero attached hydrogens (tertiary/aromatic N) is 4. The van der Waals surface area contributed by atoms with Crippen LogP contribution in [0.4, 0.5) is 10.1 Å². The summed E-state index contributed by atoms with van der Waals surface area (Å²) in [6.07, 6.45) is 3.54. The first-order valence-corrected chi connectivity index (χ1v) is 12.0. The summed E-state index contributed by atoms with van der Waals surface area (Å²) in [4.78, 5) is 32.8. The van der Waals surface area contributed by atoms with Gasteiger partial charge in [-0.05, 0) is 77.1 Å². The second-order valence-corrected chi connectivity index (χ2v) is 9.97. The second-order valence-electron chi connectivity index (χ2n) is 9.57. The Balaban J connectivity index is 1.28. The first-order valence-electron chi connectivity index (χ1n) is 11.6. The van der Waals surface area contributed by atoms with Gasteiger partial charge in [0.25, 0.3) is 5.91 Å². The zero-order chi connectivity index (χ0) is 24.2. The van der Waals surface area contributed by atoms with E-state index in [-0.39, 0.29) is 22.9 Å². The molecule has 2 amide bonds. The number of halogens is 2. The molecular weight excluding hydrogens is 457 g/mol. The van der Waals surface area contributed by atoms with Gasteiger partial charge in [-0.2, -0.15) is 5.10 Å². The Bertz CT molecular complexity index is 1310. The highest BCUT2D eigenvalue weighted by Gasteiger charge is 2.49. The number of aryl methyl sites for hydroxylation is 3. The summed E-state index contributed by atoms with van der Waals surface area (Å²) < 4.78 is 15.2. The van der Waals surface area contributed by atoms with Gasteiger partial charge in [-0.15, -0.1) is 0 Å².